The lowest BCUT2D eigenvalue weighted by atomic mass is 9.93. The lowest BCUT2D eigenvalue weighted by Gasteiger charge is -2.29. The molecule has 2 aromatic rings. The van der Waals surface area contributed by atoms with E-state index in [1.807, 2.05) is 18.2 Å². The zero-order valence-corrected chi connectivity index (χ0v) is 15.5. The Morgan fingerprint density at radius 3 is 2.54 bits per heavy atom. The van der Waals surface area contributed by atoms with E-state index in [9.17, 15) is 4.39 Å². The SMILES string of the molecule is Cl.N[C@H]1CC[C@H](Oc2ccc3c(c2)CCC(c2ccccc2F)O3)CC1. The van der Waals surface area contributed by atoms with Gasteiger partial charge in [0.05, 0.1) is 6.10 Å². The first-order chi connectivity index (χ1) is 12.2. The molecule has 2 aromatic carbocycles. The first kappa shape index (κ1) is 19.0. The van der Waals surface area contributed by atoms with Crippen molar-refractivity contribution < 1.29 is 13.9 Å². The topological polar surface area (TPSA) is 44.5 Å². The van der Waals surface area contributed by atoms with Gasteiger partial charge in [0.15, 0.2) is 0 Å². The Bertz CT molecular complexity index is 747. The molecule has 3 nitrogen and oxygen atoms in total. The maximum absolute atomic E-state index is 14.0. The van der Waals surface area contributed by atoms with E-state index in [1.165, 1.54) is 6.07 Å². The number of aryl methyl sites for hydroxylation is 1. The number of benzene rings is 2. The number of hydrogen-bond acceptors (Lipinski definition) is 3. The molecule has 0 amide bonds. The van der Waals surface area contributed by atoms with E-state index in [4.69, 9.17) is 15.2 Å². The molecular weight excluding hydrogens is 353 g/mol. The van der Waals surface area contributed by atoms with Crippen molar-refractivity contribution in [1.82, 2.24) is 0 Å². The van der Waals surface area contributed by atoms with Crippen LogP contribution >= 0.6 is 12.4 Å². The molecule has 4 rings (SSSR count). The van der Waals surface area contributed by atoms with Gasteiger partial charge in [-0.3, -0.25) is 0 Å². The van der Waals surface area contributed by atoms with Crippen LogP contribution in [-0.4, -0.2) is 12.1 Å². The van der Waals surface area contributed by atoms with Crippen LogP contribution in [0.4, 0.5) is 4.39 Å². The zero-order chi connectivity index (χ0) is 17.2. The van der Waals surface area contributed by atoms with Gasteiger partial charge in [0.2, 0.25) is 0 Å². The number of hydrogen-bond donors (Lipinski definition) is 1. The molecule has 1 unspecified atom stereocenters. The molecule has 0 bridgehead atoms. The molecule has 1 aliphatic carbocycles. The van der Waals surface area contributed by atoms with E-state index in [2.05, 4.69) is 6.07 Å². The van der Waals surface area contributed by atoms with Gasteiger partial charge >= 0.3 is 0 Å². The molecule has 0 radical (unpaired) electrons. The summed E-state index contributed by atoms with van der Waals surface area (Å²) in [7, 11) is 0. The van der Waals surface area contributed by atoms with Gasteiger partial charge in [0.1, 0.15) is 23.4 Å². The van der Waals surface area contributed by atoms with Crippen LogP contribution in [0.25, 0.3) is 0 Å². The Hall–Kier alpha value is -1.78. The summed E-state index contributed by atoms with van der Waals surface area (Å²) in [5.41, 5.74) is 7.72. The van der Waals surface area contributed by atoms with Gasteiger partial charge in [-0.25, -0.2) is 4.39 Å². The zero-order valence-electron chi connectivity index (χ0n) is 14.7. The second-order valence-electron chi connectivity index (χ2n) is 7.09. The first-order valence-electron chi connectivity index (χ1n) is 9.15. The fourth-order valence-electron chi connectivity index (χ4n) is 3.79. The van der Waals surface area contributed by atoms with E-state index >= 15 is 0 Å². The Morgan fingerprint density at radius 2 is 1.77 bits per heavy atom. The lowest BCUT2D eigenvalue weighted by Crippen LogP contribution is -2.31. The third-order valence-electron chi connectivity index (χ3n) is 5.25. The number of ether oxygens (including phenoxy) is 2. The molecular formula is C21H25ClFNO2. The minimum Gasteiger partial charge on any atom is -0.490 e. The van der Waals surface area contributed by atoms with Crippen LogP contribution in [0.15, 0.2) is 42.5 Å². The van der Waals surface area contributed by atoms with Gasteiger partial charge in [-0.1, -0.05) is 18.2 Å². The minimum atomic E-state index is -0.222. The Labute approximate surface area is 160 Å². The van der Waals surface area contributed by atoms with Crippen LogP contribution in [0.2, 0.25) is 0 Å². The minimum absolute atomic E-state index is 0. The molecule has 5 heteroatoms. The fraction of sp³-hybridized carbons (Fsp3) is 0.429. The van der Waals surface area contributed by atoms with E-state index in [-0.39, 0.29) is 30.4 Å². The molecule has 2 N–H and O–H groups in total. The van der Waals surface area contributed by atoms with Gasteiger partial charge in [-0.15, -0.1) is 12.4 Å². The van der Waals surface area contributed by atoms with Crippen molar-refractivity contribution in [2.45, 2.75) is 56.8 Å². The van der Waals surface area contributed by atoms with Crippen LogP contribution < -0.4 is 15.2 Å². The van der Waals surface area contributed by atoms with Crippen molar-refractivity contribution in [2.24, 2.45) is 5.73 Å². The van der Waals surface area contributed by atoms with Gasteiger partial charge < -0.3 is 15.2 Å². The molecule has 2 aliphatic rings. The smallest absolute Gasteiger partial charge is 0.130 e. The van der Waals surface area contributed by atoms with Crippen molar-refractivity contribution in [1.29, 1.82) is 0 Å². The first-order valence-corrected chi connectivity index (χ1v) is 9.15. The molecule has 1 saturated carbocycles. The van der Waals surface area contributed by atoms with E-state index in [0.717, 1.165) is 55.6 Å². The van der Waals surface area contributed by atoms with Gasteiger partial charge in [0, 0.05) is 11.6 Å². The standard InChI is InChI=1S/C21H24FNO2.ClH/c22-19-4-2-1-3-18(19)21-11-5-14-13-17(10-12-20(14)25-21)24-16-8-6-15(23)7-9-16;/h1-4,10,12-13,15-16,21H,5-9,11,23H2;1H/t15-,16-,21?;. The van der Waals surface area contributed by atoms with E-state index < -0.39 is 0 Å². The lowest BCUT2D eigenvalue weighted by molar-refractivity contribution is 0.145. The summed E-state index contributed by atoms with van der Waals surface area (Å²) in [6.45, 7) is 0. The van der Waals surface area contributed by atoms with E-state index in [1.54, 1.807) is 12.1 Å². The third-order valence-corrected chi connectivity index (χ3v) is 5.25. The van der Waals surface area contributed by atoms with Crippen LogP contribution in [0.1, 0.15) is 49.3 Å². The Kier molecular flexibility index (Phi) is 6.05. The van der Waals surface area contributed by atoms with Crippen molar-refractivity contribution in [2.75, 3.05) is 0 Å². The maximum Gasteiger partial charge on any atom is 0.130 e. The molecule has 0 aromatic heterocycles. The summed E-state index contributed by atoms with van der Waals surface area (Å²) in [5.74, 6) is 1.52. The second kappa shape index (κ2) is 8.28. The summed E-state index contributed by atoms with van der Waals surface area (Å²) in [6.07, 6.45) is 5.77. The molecule has 1 heterocycles. The predicted molar refractivity (Wildman–Crippen MR) is 103 cm³/mol. The van der Waals surface area contributed by atoms with Gasteiger partial charge in [-0.2, -0.15) is 0 Å². The second-order valence-corrected chi connectivity index (χ2v) is 7.09. The molecule has 26 heavy (non-hydrogen) atoms. The van der Waals surface area contributed by atoms with Gasteiger partial charge in [-0.05, 0) is 68.4 Å². The number of nitrogens with two attached hydrogens (primary N) is 1. The highest BCUT2D eigenvalue weighted by Crippen LogP contribution is 2.38. The highest BCUT2D eigenvalue weighted by Gasteiger charge is 2.25. The molecule has 1 atom stereocenters. The molecule has 140 valence electrons. The Morgan fingerprint density at radius 1 is 1.00 bits per heavy atom. The molecule has 1 aliphatic heterocycles. The van der Waals surface area contributed by atoms with Crippen LogP contribution in [0.5, 0.6) is 11.5 Å². The predicted octanol–water partition coefficient (Wildman–Crippen LogP) is 4.96. The summed E-state index contributed by atoms with van der Waals surface area (Å²) in [5, 5.41) is 0. The summed E-state index contributed by atoms with van der Waals surface area (Å²) in [6, 6.07) is 13.1. The summed E-state index contributed by atoms with van der Waals surface area (Å²) >= 11 is 0. The van der Waals surface area contributed by atoms with Gasteiger partial charge in [0.25, 0.3) is 0 Å². The highest BCUT2D eigenvalue weighted by molar-refractivity contribution is 5.85. The summed E-state index contributed by atoms with van der Waals surface area (Å²) < 4.78 is 26.2. The van der Waals surface area contributed by atoms with Crippen LogP contribution in [-0.2, 0) is 6.42 Å². The number of rotatable bonds is 3. The van der Waals surface area contributed by atoms with E-state index in [0.29, 0.717) is 11.6 Å². The van der Waals surface area contributed by atoms with Crippen molar-refractivity contribution in [3.8, 4) is 11.5 Å². The normalized spacial score (nSPS) is 24.8. The molecule has 0 saturated heterocycles. The monoisotopic (exact) mass is 377 g/mol. The quantitative estimate of drug-likeness (QED) is 0.821. The summed E-state index contributed by atoms with van der Waals surface area (Å²) in [4.78, 5) is 0. The largest absolute Gasteiger partial charge is 0.490 e. The van der Waals surface area contributed by atoms with Crippen molar-refractivity contribution in [3.63, 3.8) is 0 Å². The third kappa shape index (κ3) is 4.13. The average molecular weight is 378 g/mol. The maximum atomic E-state index is 14.0. The average Bonchev–Trinajstić information content (AvgIpc) is 2.64. The Balaban J connectivity index is 0.00000196. The highest BCUT2D eigenvalue weighted by atomic mass is 35.5. The fourth-order valence-corrected chi connectivity index (χ4v) is 3.79. The van der Waals surface area contributed by atoms with Crippen LogP contribution in [0.3, 0.4) is 0 Å². The van der Waals surface area contributed by atoms with Crippen LogP contribution in [0, 0.1) is 5.82 Å². The molecule has 0 spiro atoms. The number of fused-ring (bicyclic) bond motifs is 1. The van der Waals surface area contributed by atoms with Crippen molar-refractivity contribution in [3.05, 3.63) is 59.4 Å². The van der Waals surface area contributed by atoms with Crippen molar-refractivity contribution >= 4 is 12.4 Å². The number of halogens is 2. The molecule has 1 fully saturated rings.